The number of nitrogens with two attached hydrogens (primary N) is 6. The van der Waals surface area contributed by atoms with Gasteiger partial charge in [-0.05, 0) is 123 Å². The number of benzene rings is 6. The second-order valence-electron chi connectivity index (χ2n) is 23.4. The van der Waals surface area contributed by atoms with E-state index in [1.165, 1.54) is 12.4 Å². The quantitative estimate of drug-likeness (QED) is 0.0234. The van der Waals surface area contributed by atoms with Gasteiger partial charge < -0.3 is 34.4 Å². The number of nitrogens with zero attached hydrogens (tertiary/aromatic N) is 30. The molecule has 0 fully saturated rings. The van der Waals surface area contributed by atoms with Crippen molar-refractivity contribution in [3.63, 3.8) is 0 Å². The summed E-state index contributed by atoms with van der Waals surface area (Å²) < 4.78 is 35.8. The van der Waals surface area contributed by atoms with Crippen LogP contribution in [0.15, 0.2) is 102 Å². The van der Waals surface area contributed by atoms with Gasteiger partial charge in [-0.15, -0.1) is 0 Å². The number of aldehydes is 2. The average Bonchev–Trinajstić information content (AvgIpc) is 1.71. The van der Waals surface area contributed by atoms with E-state index in [2.05, 4.69) is 272 Å². The summed E-state index contributed by atoms with van der Waals surface area (Å²) in [4.78, 5) is 134. The monoisotopic (exact) mass is 2170 g/mol. The van der Waals surface area contributed by atoms with Crippen LogP contribution in [0.3, 0.4) is 0 Å². The van der Waals surface area contributed by atoms with Crippen molar-refractivity contribution in [3.8, 4) is 0 Å². The summed E-state index contributed by atoms with van der Waals surface area (Å²) >= 11 is 29.7. The Hall–Kier alpha value is -11.3. The van der Waals surface area contributed by atoms with E-state index < -0.39 is 9.39 Å². The van der Waals surface area contributed by atoms with E-state index in [4.69, 9.17) is 44.0 Å². The van der Waals surface area contributed by atoms with Crippen LogP contribution in [0.5, 0.6) is 0 Å². The summed E-state index contributed by atoms with van der Waals surface area (Å²) in [5.41, 5.74) is 59.8. The Balaban J connectivity index is 0.000000121. The molecule has 119 heavy (non-hydrogen) atoms. The van der Waals surface area contributed by atoms with Crippen LogP contribution in [0.1, 0.15) is 30.2 Å². The molecule has 0 unspecified atom stereocenters. The number of hydrogen-bond donors (Lipinski definition) is 6. The van der Waals surface area contributed by atoms with Gasteiger partial charge in [0.15, 0.2) is 12.6 Å². The summed E-state index contributed by atoms with van der Waals surface area (Å²) in [5, 5.41) is 0. The van der Waals surface area contributed by atoms with Crippen molar-refractivity contribution in [1.82, 2.24) is 145 Å². The molecule has 0 aliphatic carbocycles. The van der Waals surface area contributed by atoms with Crippen LogP contribution < -0.4 is 34.4 Å². The lowest BCUT2D eigenvalue weighted by Crippen LogP contribution is -2.06. The number of carbonyl (C=O) groups is 4. The molecule has 40 nitrogen and oxygen atoms in total. The second kappa shape index (κ2) is 36.5. The third kappa shape index (κ3) is 16.9. The third-order valence-corrected chi connectivity index (χ3v) is 24.3. The second-order valence-corrected chi connectivity index (χ2v) is 31.5. The normalized spacial score (nSPS) is 11.0. The number of aromatic nitrogens is 30. The summed E-state index contributed by atoms with van der Waals surface area (Å²) in [5.74, 6) is 0. The molecule has 0 atom stereocenters. The maximum Gasteiger partial charge on any atom is 0.275 e. The maximum absolute atomic E-state index is 9.66. The van der Waals surface area contributed by atoms with Crippen LogP contribution in [-0.2, 0) is 19.2 Å². The molecule has 0 amide bonds. The summed E-state index contributed by atoms with van der Waals surface area (Å²) in [7, 11) is 0. The molecule has 12 N–H and O–H groups in total. The molecule has 0 saturated heterocycles. The standard InChI is InChI=1S/C14H8Br2N6.C14H10N6.C12H2Br4N6.C8H2N6S2.C8H10N6.C6H4N6S2.C2Br2O2.C2H2O2.CH4/c1-5-14(16)22-12-9(19-5)7-8(18-4-3-17-7)10-11(12)20-6(2)13(15)21-10;1-7-5-17-11-9-10(16-4-3-15-9)13-12(14(11)20-7)18-6-8(2)19-13;13-9-11(15)21-7-5(19-9)3-4(18-2-1-17-3)6-8(7)22-12(16)10(14)20-6;1-2-10-4-3(9-1)5-7(13-15-11-5)8-6(4)12-16-14-8;9-3-4(10)6(12)8-7(5(3)11)13-1-2-14-8;7-1-2(8)4-6(12-14-10-4)5-3(1)9-13-11-5;3-1(5)2(4)6;3-1-2-4;/h3-4H,1-2H3;3-6H,1-2H3;1-2H;1-2H;1-2H,9-12H2;7-8H2;;1-2H;1H4. The van der Waals surface area contributed by atoms with Crippen molar-refractivity contribution < 1.29 is 19.2 Å². The van der Waals surface area contributed by atoms with E-state index in [1.54, 1.807) is 62.0 Å². The molecule has 15 aromatic heterocycles. The zero-order chi connectivity index (χ0) is 83.7. The molecule has 52 heteroatoms. The molecule has 0 spiro atoms. The van der Waals surface area contributed by atoms with Gasteiger partial charge in [0.2, 0.25) is 0 Å². The van der Waals surface area contributed by atoms with Crippen molar-refractivity contribution in [3.05, 3.63) is 125 Å². The van der Waals surface area contributed by atoms with Crippen LogP contribution >= 0.6 is 174 Å². The number of aryl methyl sites for hydroxylation is 4. The smallest absolute Gasteiger partial charge is 0.275 e. The van der Waals surface area contributed by atoms with Gasteiger partial charge >= 0.3 is 0 Å². The first kappa shape index (κ1) is 85.5. The number of carbonyl (C=O) groups excluding carboxylic acids is 4. The summed E-state index contributed by atoms with van der Waals surface area (Å²) in [6.45, 7) is 7.59. The summed E-state index contributed by atoms with van der Waals surface area (Å²) in [6.07, 6.45) is 20.0. The first-order valence-electron chi connectivity index (χ1n) is 32.5. The van der Waals surface area contributed by atoms with Gasteiger partial charge in [0, 0.05) is 106 Å². The van der Waals surface area contributed by atoms with Crippen LogP contribution in [0, 0.1) is 27.7 Å². The number of anilines is 6. The highest BCUT2D eigenvalue weighted by Crippen LogP contribution is 2.40. The van der Waals surface area contributed by atoms with Gasteiger partial charge in [-0.1, -0.05) is 7.43 Å². The predicted molar refractivity (Wildman–Crippen MR) is 485 cm³/mol. The van der Waals surface area contributed by atoms with Crippen LogP contribution in [-0.4, -0.2) is 167 Å². The molecule has 15 heterocycles. The number of nitrogen functional groups attached to an aromatic ring is 6. The van der Waals surface area contributed by atoms with Crippen molar-refractivity contribution in [2.24, 2.45) is 0 Å². The fourth-order valence-electron chi connectivity index (χ4n) is 11.0. The summed E-state index contributed by atoms with van der Waals surface area (Å²) in [6, 6.07) is 0. The minimum Gasteiger partial charge on any atom is -0.395 e. The number of rotatable bonds is 2. The molecule has 0 aliphatic heterocycles. The molecule has 0 aliphatic rings. The zero-order valence-corrected chi connectivity index (χ0v) is 75.2. The SMILES string of the molecule is Brc1nc2c3nccnc3c3nc(Br)c(Br)nc3c2nc1Br.C.Cc1cnc2c3nccnc3c3nc(C)cnc3c2n1.Cc1nc2c(nc1Br)c1nccnc1c1nc(C)c(Br)nc12.Nc1c(N)c(N)c2nccnc2c1N.Nc1c(N)c2nsnc2c2nsnc12.O=C(Br)C(=O)Br.O=CC=O.c1cnc2c(n1)c1nsnc1c1nsnc21. The zero-order valence-electron chi connectivity index (χ0n) is 59.3. The van der Waals surface area contributed by atoms with Crippen LogP contribution in [0.2, 0.25) is 0 Å². The highest BCUT2D eigenvalue weighted by Gasteiger charge is 2.24. The van der Waals surface area contributed by atoms with Gasteiger partial charge in [-0.25, -0.2) is 49.8 Å². The van der Waals surface area contributed by atoms with E-state index in [-0.39, 0.29) is 31.4 Å². The number of fused-ring (bicyclic) bond motifs is 28. The molecule has 21 rings (SSSR count). The molecule has 0 radical (unpaired) electrons. The lowest BCUT2D eigenvalue weighted by Gasteiger charge is -2.10. The Morgan fingerprint density at radius 3 is 0.723 bits per heavy atom. The predicted octanol–water partition coefficient (Wildman–Crippen LogP) is 13.7. The molecular formula is C67H42Br8N36O4S4. The molecule has 0 saturated carbocycles. The fourth-order valence-corrected chi connectivity index (χ4v) is 14.9. The van der Waals surface area contributed by atoms with Gasteiger partial charge in [0.25, 0.3) is 9.39 Å². The maximum atomic E-state index is 9.66. The number of halogens is 8. The molecule has 6 aromatic carbocycles. The van der Waals surface area contributed by atoms with Crippen LogP contribution in [0.4, 0.5) is 34.1 Å². The van der Waals surface area contributed by atoms with E-state index in [0.717, 1.165) is 119 Å². The van der Waals surface area contributed by atoms with E-state index in [0.29, 0.717) is 166 Å². The van der Waals surface area contributed by atoms with Gasteiger partial charge in [-0.3, -0.25) is 79.0 Å². The first-order valence-corrected chi connectivity index (χ1v) is 41.7. The highest BCUT2D eigenvalue weighted by atomic mass is 79.9. The van der Waals surface area contributed by atoms with E-state index in [1.807, 2.05) is 27.7 Å². The van der Waals surface area contributed by atoms with Crippen molar-refractivity contribution >= 4 is 396 Å². The van der Waals surface area contributed by atoms with Crippen LogP contribution in [0.25, 0.3) is 166 Å². The van der Waals surface area contributed by atoms with Crippen molar-refractivity contribution in [1.29, 1.82) is 0 Å². The minimum atomic E-state index is -0.650. The molecular weight excluding hydrogens is 2140 g/mol. The largest absolute Gasteiger partial charge is 0.395 e. The first-order chi connectivity index (χ1) is 56.8. The van der Waals surface area contributed by atoms with E-state index >= 15 is 0 Å². The van der Waals surface area contributed by atoms with Gasteiger partial charge in [-0.2, -0.15) is 35.0 Å². The van der Waals surface area contributed by atoms with Crippen molar-refractivity contribution in [2.45, 2.75) is 35.1 Å². The molecule has 0 bridgehead atoms. The van der Waals surface area contributed by atoms with E-state index in [9.17, 15) is 9.59 Å². The lowest BCUT2D eigenvalue weighted by molar-refractivity contribution is -0.125. The fraction of sp³-hybridized carbons (Fsp3) is 0.0746. The Morgan fingerprint density at radius 2 is 0.437 bits per heavy atom. The van der Waals surface area contributed by atoms with Crippen molar-refractivity contribution in [2.75, 3.05) is 34.4 Å². The Kier molecular flexibility index (Phi) is 26.2. The Morgan fingerprint density at radius 1 is 0.252 bits per heavy atom. The molecule has 594 valence electrons. The molecule has 21 aromatic rings. The van der Waals surface area contributed by atoms with Gasteiger partial charge in [0.1, 0.15) is 193 Å². The Bertz CT molecular complexity index is 7120. The average molecular weight is 2180 g/mol. The minimum absolute atomic E-state index is 0. The third-order valence-electron chi connectivity index (χ3n) is 16.2. The highest BCUT2D eigenvalue weighted by molar-refractivity contribution is 9.24. The Labute approximate surface area is 746 Å². The lowest BCUT2D eigenvalue weighted by atomic mass is 10.1. The topological polar surface area (TPSA) is 611 Å². The van der Waals surface area contributed by atoms with Gasteiger partial charge in [0.05, 0.1) is 104 Å². The number of hydrogen-bond acceptors (Lipinski definition) is 44.